The van der Waals surface area contributed by atoms with Gasteiger partial charge >= 0.3 is 0 Å². The molecule has 7 heteroatoms. The summed E-state index contributed by atoms with van der Waals surface area (Å²) in [6, 6.07) is 16.0. The van der Waals surface area contributed by atoms with E-state index < -0.39 is 4.92 Å². The number of nitrogens with zero attached hydrogens (tertiary/aromatic N) is 4. The molecule has 0 fully saturated rings. The van der Waals surface area contributed by atoms with Crippen molar-refractivity contribution in [2.75, 3.05) is 0 Å². The summed E-state index contributed by atoms with van der Waals surface area (Å²) in [5.41, 5.74) is 2.43. The molecule has 0 unspecified atom stereocenters. The van der Waals surface area contributed by atoms with E-state index in [9.17, 15) is 15.4 Å². The molecule has 0 N–H and O–H groups in total. The number of non-ortho nitro benzene ring substituents is 1. The summed E-state index contributed by atoms with van der Waals surface area (Å²) in [4.78, 5) is 15.3. The lowest BCUT2D eigenvalue weighted by atomic mass is 10.2. The number of imidazole rings is 1. The first-order valence-electron chi connectivity index (χ1n) is 7.04. The second-order valence-corrected chi connectivity index (χ2v) is 6.03. The highest BCUT2D eigenvalue weighted by Crippen LogP contribution is 2.30. The predicted molar refractivity (Wildman–Crippen MR) is 93.3 cm³/mol. The van der Waals surface area contributed by atoms with Crippen LogP contribution in [0.25, 0.3) is 17.1 Å². The molecule has 6 nitrogen and oxygen atoms in total. The second kappa shape index (κ2) is 6.56. The zero-order valence-corrected chi connectivity index (χ0v) is 13.5. The van der Waals surface area contributed by atoms with Crippen molar-refractivity contribution in [2.24, 2.45) is 7.05 Å². The van der Waals surface area contributed by atoms with Gasteiger partial charge in [0.25, 0.3) is 5.69 Å². The molecule has 0 aliphatic rings. The van der Waals surface area contributed by atoms with Gasteiger partial charge in [0.2, 0.25) is 0 Å². The minimum atomic E-state index is -0.456. The molecule has 0 saturated carbocycles. The normalized spacial score (nSPS) is 11.4. The maximum Gasteiger partial charge on any atom is 0.270 e. The number of benzene rings is 2. The summed E-state index contributed by atoms with van der Waals surface area (Å²) < 4.78 is 1.92. The summed E-state index contributed by atoms with van der Waals surface area (Å²) in [6.07, 6.45) is 1.62. The van der Waals surface area contributed by atoms with E-state index in [2.05, 4.69) is 11.1 Å². The van der Waals surface area contributed by atoms with Gasteiger partial charge in [0, 0.05) is 19.2 Å². The number of allylic oxidation sites excluding steroid dienone is 1. The highest BCUT2D eigenvalue weighted by atomic mass is 32.2. The molecule has 0 radical (unpaired) electrons. The van der Waals surface area contributed by atoms with Crippen molar-refractivity contribution in [3.05, 3.63) is 69.1 Å². The third-order valence-corrected chi connectivity index (χ3v) is 4.41. The summed E-state index contributed by atoms with van der Waals surface area (Å²) in [5, 5.41) is 20.9. The Morgan fingerprint density at radius 2 is 2.12 bits per heavy atom. The number of thioether (sulfide) groups is 1. The lowest BCUT2D eigenvalue weighted by molar-refractivity contribution is -0.384. The first-order chi connectivity index (χ1) is 11.6. The van der Waals surface area contributed by atoms with Crippen molar-refractivity contribution in [2.45, 2.75) is 5.16 Å². The van der Waals surface area contributed by atoms with Gasteiger partial charge in [-0.1, -0.05) is 24.3 Å². The molecule has 2 aromatic carbocycles. The van der Waals surface area contributed by atoms with Crippen LogP contribution in [0.4, 0.5) is 5.69 Å². The fraction of sp³-hybridized carbons (Fsp3) is 0.0588. The first kappa shape index (κ1) is 15.8. The molecule has 1 aromatic heterocycles. The Morgan fingerprint density at radius 3 is 2.83 bits per heavy atom. The Hall–Kier alpha value is -3.11. The Balaban J connectivity index is 1.94. The van der Waals surface area contributed by atoms with Gasteiger partial charge in [-0.2, -0.15) is 5.26 Å². The van der Waals surface area contributed by atoms with Crippen molar-refractivity contribution >= 4 is 34.6 Å². The predicted octanol–water partition coefficient (Wildman–Crippen LogP) is 4.14. The molecule has 0 atom stereocenters. The number of hydrogen-bond donors (Lipinski definition) is 0. The number of aryl methyl sites for hydroxylation is 1. The Morgan fingerprint density at radius 1 is 1.33 bits per heavy atom. The average Bonchev–Trinajstić information content (AvgIpc) is 2.91. The van der Waals surface area contributed by atoms with E-state index in [1.807, 2.05) is 35.9 Å². The molecule has 0 spiro atoms. The zero-order valence-electron chi connectivity index (χ0n) is 12.7. The summed E-state index contributed by atoms with van der Waals surface area (Å²) in [6.45, 7) is 0. The molecule has 0 saturated heterocycles. The molecule has 24 heavy (non-hydrogen) atoms. The number of nitro benzene ring substituents is 1. The maximum absolute atomic E-state index is 10.8. The van der Waals surface area contributed by atoms with Crippen molar-refractivity contribution in [3.63, 3.8) is 0 Å². The standard InChI is InChI=1S/C17H12N4O2S/c1-20-16-8-3-2-7-15(16)19-17(20)24-14(11-18)10-12-5-4-6-13(9-12)21(22)23/h2-10H,1H3/b14-10+. The van der Waals surface area contributed by atoms with Gasteiger partial charge in [-0.15, -0.1) is 0 Å². The van der Waals surface area contributed by atoms with Crippen molar-refractivity contribution in [1.82, 2.24) is 9.55 Å². The Labute approximate surface area is 142 Å². The van der Waals surface area contributed by atoms with Crippen LogP contribution in [-0.4, -0.2) is 14.5 Å². The molecule has 3 aromatic rings. The van der Waals surface area contributed by atoms with Gasteiger partial charge in [0.05, 0.1) is 20.9 Å². The van der Waals surface area contributed by atoms with Crippen molar-refractivity contribution < 1.29 is 4.92 Å². The Kier molecular flexibility index (Phi) is 4.31. The van der Waals surface area contributed by atoms with Crippen LogP contribution in [-0.2, 0) is 7.05 Å². The van der Waals surface area contributed by atoms with Crippen LogP contribution in [0, 0.1) is 21.4 Å². The summed E-state index contributed by atoms with van der Waals surface area (Å²) in [7, 11) is 1.89. The van der Waals surface area contributed by atoms with E-state index in [0.717, 1.165) is 11.0 Å². The quantitative estimate of drug-likeness (QED) is 0.309. The second-order valence-electron chi connectivity index (χ2n) is 5.02. The molecular formula is C17H12N4O2S. The minimum absolute atomic E-state index is 0.00577. The van der Waals surface area contributed by atoms with Crippen molar-refractivity contribution in [1.29, 1.82) is 5.26 Å². The smallest absolute Gasteiger partial charge is 0.270 e. The molecule has 1 heterocycles. The summed E-state index contributed by atoms with van der Waals surface area (Å²) >= 11 is 1.23. The number of nitriles is 1. The third-order valence-electron chi connectivity index (χ3n) is 3.44. The monoisotopic (exact) mass is 336 g/mol. The largest absolute Gasteiger partial charge is 0.322 e. The lowest BCUT2D eigenvalue weighted by Gasteiger charge is -2.01. The molecule has 0 aliphatic heterocycles. The van der Waals surface area contributed by atoms with Crippen LogP contribution >= 0.6 is 11.8 Å². The van der Waals surface area contributed by atoms with Crippen LogP contribution in [0.2, 0.25) is 0 Å². The van der Waals surface area contributed by atoms with Gasteiger partial charge in [0.15, 0.2) is 5.16 Å². The maximum atomic E-state index is 10.8. The van der Waals surface area contributed by atoms with Gasteiger partial charge in [-0.05, 0) is 35.5 Å². The highest BCUT2D eigenvalue weighted by Gasteiger charge is 2.11. The van der Waals surface area contributed by atoms with E-state index in [4.69, 9.17) is 0 Å². The summed E-state index contributed by atoms with van der Waals surface area (Å²) in [5.74, 6) is 0. The van der Waals surface area contributed by atoms with Crippen LogP contribution < -0.4 is 0 Å². The number of rotatable bonds is 4. The van der Waals surface area contributed by atoms with Crippen LogP contribution in [0.5, 0.6) is 0 Å². The molecule has 0 amide bonds. The van der Waals surface area contributed by atoms with Crippen LogP contribution in [0.3, 0.4) is 0 Å². The molecular weight excluding hydrogens is 324 g/mol. The van der Waals surface area contributed by atoms with Gasteiger partial charge < -0.3 is 4.57 Å². The van der Waals surface area contributed by atoms with E-state index in [0.29, 0.717) is 15.6 Å². The van der Waals surface area contributed by atoms with E-state index in [1.54, 1.807) is 18.2 Å². The lowest BCUT2D eigenvalue weighted by Crippen LogP contribution is -1.91. The van der Waals surface area contributed by atoms with E-state index in [1.165, 1.54) is 23.9 Å². The topological polar surface area (TPSA) is 84.8 Å². The minimum Gasteiger partial charge on any atom is -0.322 e. The van der Waals surface area contributed by atoms with E-state index >= 15 is 0 Å². The van der Waals surface area contributed by atoms with Crippen LogP contribution in [0.15, 0.2) is 58.6 Å². The third kappa shape index (κ3) is 3.14. The molecule has 3 rings (SSSR count). The van der Waals surface area contributed by atoms with E-state index in [-0.39, 0.29) is 5.69 Å². The molecule has 118 valence electrons. The van der Waals surface area contributed by atoms with Crippen molar-refractivity contribution in [3.8, 4) is 6.07 Å². The molecule has 0 aliphatic carbocycles. The fourth-order valence-corrected chi connectivity index (χ4v) is 3.09. The number of nitro groups is 1. The van der Waals surface area contributed by atoms with Crippen LogP contribution in [0.1, 0.15) is 5.56 Å². The Bertz CT molecular complexity index is 1000. The average molecular weight is 336 g/mol. The zero-order chi connectivity index (χ0) is 17.1. The number of para-hydroxylation sites is 2. The first-order valence-corrected chi connectivity index (χ1v) is 7.85. The van der Waals surface area contributed by atoms with Gasteiger partial charge in [-0.25, -0.2) is 4.98 Å². The van der Waals surface area contributed by atoms with Gasteiger partial charge in [-0.3, -0.25) is 10.1 Å². The highest BCUT2D eigenvalue weighted by molar-refractivity contribution is 8.03. The number of aromatic nitrogens is 2. The fourth-order valence-electron chi connectivity index (χ4n) is 2.28. The SMILES string of the molecule is Cn1c(S/C(C#N)=C/c2cccc([N+](=O)[O-])c2)nc2ccccc21. The van der Waals surface area contributed by atoms with Gasteiger partial charge in [0.1, 0.15) is 6.07 Å². The number of hydrogen-bond acceptors (Lipinski definition) is 5. The molecule has 0 bridgehead atoms. The number of fused-ring (bicyclic) bond motifs is 1.